The number of hydroxylamine groups is 2. The monoisotopic (exact) mass is 217 g/mol. The fourth-order valence-corrected chi connectivity index (χ4v) is 1.11. The van der Waals surface area contributed by atoms with Gasteiger partial charge in [-0.15, -0.1) is 0 Å². The summed E-state index contributed by atoms with van der Waals surface area (Å²) in [7, 11) is 0. The highest BCUT2D eigenvalue weighted by atomic mass is 16.7. The zero-order valence-electron chi connectivity index (χ0n) is 9.69. The third kappa shape index (κ3) is 5.37. The van der Waals surface area contributed by atoms with Crippen molar-refractivity contribution in [3.63, 3.8) is 0 Å². The molecule has 0 aromatic heterocycles. The topological polar surface area (TPSA) is 66.8 Å². The van der Waals surface area contributed by atoms with E-state index in [0.29, 0.717) is 19.3 Å². The van der Waals surface area contributed by atoms with E-state index < -0.39 is 17.6 Å². The van der Waals surface area contributed by atoms with Crippen LogP contribution in [-0.4, -0.2) is 34.2 Å². The van der Waals surface area contributed by atoms with Crippen LogP contribution in [0, 0.1) is 0 Å². The Morgan fingerprint density at radius 3 is 2.33 bits per heavy atom. The molecular formula is C10H19NO4. The van der Waals surface area contributed by atoms with Gasteiger partial charge in [-0.2, -0.15) is 0 Å². The molecule has 0 aromatic rings. The molecule has 0 radical (unpaired) electrons. The first-order chi connectivity index (χ1) is 6.81. The molecule has 0 aliphatic carbocycles. The number of hydrogen-bond acceptors (Lipinski definition) is 3. The molecule has 0 saturated heterocycles. The number of carboxylic acid groups (broad SMARTS) is 1. The number of hydrogen-bond donors (Lipinski definition) is 1. The number of rotatable bonds is 6. The molecule has 88 valence electrons. The number of nitrogens with zero attached hydrogens (tertiary/aromatic N) is 1. The van der Waals surface area contributed by atoms with Crippen LogP contribution in [0.4, 0.5) is 0 Å². The molecule has 0 fully saturated rings. The molecular weight excluding hydrogens is 198 g/mol. The number of aliphatic carboxylic acids is 1. The molecule has 15 heavy (non-hydrogen) atoms. The second-order valence-electron chi connectivity index (χ2n) is 4.31. The summed E-state index contributed by atoms with van der Waals surface area (Å²) in [4.78, 5) is 26.9. The van der Waals surface area contributed by atoms with Crippen LogP contribution in [0.3, 0.4) is 0 Å². The Morgan fingerprint density at radius 1 is 1.53 bits per heavy atom. The normalized spacial score (nSPS) is 13.3. The summed E-state index contributed by atoms with van der Waals surface area (Å²) in [5.74, 6) is -1.05. The molecule has 0 saturated carbocycles. The van der Waals surface area contributed by atoms with Crippen LogP contribution in [-0.2, 0) is 14.4 Å². The maximum absolute atomic E-state index is 10.9. The van der Waals surface area contributed by atoms with Crippen molar-refractivity contribution in [3.05, 3.63) is 0 Å². The van der Waals surface area contributed by atoms with Crippen LogP contribution in [0.15, 0.2) is 0 Å². The number of carbonyl (C=O) groups is 2. The van der Waals surface area contributed by atoms with Gasteiger partial charge in [-0.1, -0.05) is 13.3 Å². The standard InChI is InChI=1S/C10H19NO4/c1-5-6-8(9(13)14)11(7-12)15-10(2,3)4/h7-8H,5-6H2,1-4H3,(H,13,14). The van der Waals surface area contributed by atoms with Gasteiger partial charge < -0.3 is 5.11 Å². The van der Waals surface area contributed by atoms with Crippen molar-refractivity contribution >= 4 is 12.4 Å². The first-order valence-corrected chi connectivity index (χ1v) is 4.97. The van der Waals surface area contributed by atoms with E-state index in [0.717, 1.165) is 5.06 Å². The lowest BCUT2D eigenvalue weighted by Gasteiger charge is -2.30. The molecule has 0 aliphatic rings. The van der Waals surface area contributed by atoms with Crippen molar-refractivity contribution in [2.75, 3.05) is 0 Å². The summed E-state index contributed by atoms with van der Waals surface area (Å²) >= 11 is 0. The summed E-state index contributed by atoms with van der Waals surface area (Å²) in [6.45, 7) is 7.13. The Bertz CT molecular complexity index is 222. The van der Waals surface area contributed by atoms with Gasteiger partial charge in [0, 0.05) is 0 Å². The molecule has 0 aromatic carbocycles. The Labute approximate surface area is 90.0 Å². The number of carboxylic acids is 1. The molecule has 0 heterocycles. The molecule has 0 aliphatic heterocycles. The number of amides is 1. The molecule has 1 N–H and O–H groups in total. The Balaban J connectivity index is 4.59. The van der Waals surface area contributed by atoms with Crippen molar-refractivity contribution < 1.29 is 19.5 Å². The highest BCUT2D eigenvalue weighted by Crippen LogP contribution is 2.14. The van der Waals surface area contributed by atoms with Crippen molar-refractivity contribution in [1.82, 2.24) is 5.06 Å². The van der Waals surface area contributed by atoms with Crippen LogP contribution in [0.1, 0.15) is 40.5 Å². The summed E-state index contributed by atoms with van der Waals surface area (Å²) in [5, 5.41) is 9.80. The van der Waals surface area contributed by atoms with Crippen molar-refractivity contribution in [2.24, 2.45) is 0 Å². The van der Waals surface area contributed by atoms with Gasteiger partial charge in [0.15, 0.2) is 6.04 Å². The minimum Gasteiger partial charge on any atom is -0.480 e. The lowest BCUT2D eigenvalue weighted by atomic mass is 10.1. The largest absolute Gasteiger partial charge is 0.480 e. The van der Waals surface area contributed by atoms with Crippen LogP contribution >= 0.6 is 0 Å². The summed E-state index contributed by atoms with van der Waals surface area (Å²) in [6, 6.07) is -0.910. The van der Waals surface area contributed by atoms with Gasteiger partial charge in [0.2, 0.25) is 6.41 Å². The molecule has 0 spiro atoms. The second kappa shape index (κ2) is 5.70. The minimum atomic E-state index is -1.05. The SMILES string of the molecule is CCCC(C(=O)O)N(C=O)OC(C)(C)C. The molecule has 0 bridgehead atoms. The van der Waals surface area contributed by atoms with Gasteiger partial charge >= 0.3 is 5.97 Å². The average molecular weight is 217 g/mol. The zero-order chi connectivity index (χ0) is 12.1. The number of carbonyl (C=O) groups excluding carboxylic acids is 1. The van der Waals surface area contributed by atoms with Gasteiger partial charge in [0.25, 0.3) is 0 Å². The first-order valence-electron chi connectivity index (χ1n) is 4.97. The summed E-state index contributed by atoms with van der Waals surface area (Å²) < 4.78 is 0. The fourth-order valence-electron chi connectivity index (χ4n) is 1.11. The van der Waals surface area contributed by atoms with E-state index in [4.69, 9.17) is 9.94 Å². The van der Waals surface area contributed by atoms with Crippen LogP contribution in [0.5, 0.6) is 0 Å². The Kier molecular flexibility index (Phi) is 5.28. The third-order valence-electron chi connectivity index (χ3n) is 1.64. The van der Waals surface area contributed by atoms with Gasteiger partial charge in [-0.05, 0) is 27.2 Å². The van der Waals surface area contributed by atoms with E-state index in [2.05, 4.69) is 0 Å². The molecule has 1 amide bonds. The van der Waals surface area contributed by atoms with E-state index >= 15 is 0 Å². The van der Waals surface area contributed by atoms with Gasteiger partial charge in [0.1, 0.15) is 0 Å². The van der Waals surface area contributed by atoms with E-state index in [9.17, 15) is 9.59 Å². The van der Waals surface area contributed by atoms with Crippen molar-refractivity contribution in [3.8, 4) is 0 Å². The second-order valence-corrected chi connectivity index (χ2v) is 4.31. The molecule has 5 nitrogen and oxygen atoms in total. The molecule has 0 rings (SSSR count). The lowest BCUT2D eigenvalue weighted by Crippen LogP contribution is -2.44. The van der Waals surface area contributed by atoms with E-state index in [1.807, 2.05) is 6.92 Å². The van der Waals surface area contributed by atoms with Gasteiger partial charge in [-0.3, -0.25) is 9.63 Å². The Hall–Kier alpha value is -1.10. The average Bonchev–Trinajstić information content (AvgIpc) is 2.08. The minimum absolute atomic E-state index is 0.379. The summed E-state index contributed by atoms with van der Waals surface area (Å²) in [5.41, 5.74) is -0.581. The zero-order valence-corrected chi connectivity index (χ0v) is 9.69. The highest BCUT2D eigenvalue weighted by molar-refractivity contribution is 5.75. The molecule has 5 heteroatoms. The predicted molar refractivity (Wildman–Crippen MR) is 55.1 cm³/mol. The van der Waals surface area contributed by atoms with Gasteiger partial charge in [-0.25, -0.2) is 9.86 Å². The molecule has 1 atom stereocenters. The van der Waals surface area contributed by atoms with E-state index in [1.165, 1.54) is 0 Å². The Morgan fingerprint density at radius 2 is 2.07 bits per heavy atom. The quantitative estimate of drug-likeness (QED) is 0.540. The maximum atomic E-state index is 10.9. The smallest absolute Gasteiger partial charge is 0.329 e. The summed E-state index contributed by atoms with van der Waals surface area (Å²) in [6.07, 6.45) is 1.47. The van der Waals surface area contributed by atoms with Crippen LogP contribution in [0.25, 0.3) is 0 Å². The van der Waals surface area contributed by atoms with Crippen LogP contribution in [0.2, 0.25) is 0 Å². The van der Waals surface area contributed by atoms with Gasteiger partial charge in [0.05, 0.1) is 5.60 Å². The van der Waals surface area contributed by atoms with Crippen molar-refractivity contribution in [1.29, 1.82) is 0 Å². The van der Waals surface area contributed by atoms with E-state index in [-0.39, 0.29) is 0 Å². The fraction of sp³-hybridized carbons (Fsp3) is 0.800. The van der Waals surface area contributed by atoms with E-state index in [1.54, 1.807) is 20.8 Å². The first kappa shape index (κ1) is 13.9. The van der Waals surface area contributed by atoms with Crippen LogP contribution < -0.4 is 0 Å². The highest BCUT2D eigenvalue weighted by Gasteiger charge is 2.28. The molecule has 1 unspecified atom stereocenters. The maximum Gasteiger partial charge on any atom is 0.329 e. The van der Waals surface area contributed by atoms with Crippen molar-refractivity contribution in [2.45, 2.75) is 52.2 Å². The third-order valence-corrected chi connectivity index (χ3v) is 1.64. The lowest BCUT2D eigenvalue weighted by molar-refractivity contribution is -0.235. The predicted octanol–water partition coefficient (Wildman–Crippen LogP) is 1.43.